The number of rotatable bonds is 5. The van der Waals surface area contributed by atoms with Crippen LogP contribution in [0.2, 0.25) is 0 Å². The lowest BCUT2D eigenvalue weighted by atomic mass is 10.7. The third-order valence-electron chi connectivity index (χ3n) is 1.03. The second kappa shape index (κ2) is 9.39. The molecule has 0 unspecified atom stereocenters. The Bertz CT molecular complexity index is 216. The lowest BCUT2D eigenvalue weighted by Gasteiger charge is -2.05. The number of amides is 1. The first-order valence-electron chi connectivity index (χ1n) is 3.76. The predicted octanol–water partition coefficient (Wildman–Crippen LogP) is 3.18. The molecule has 0 aliphatic heterocycles. The van der Waals surface area contributed by atoms with Crippen LogP contribution in [0.5, 0.6) is 0 Å². The summed E-state index contributed by atoms with van der Waals surface area (Å²) in [6.45, 7) is 2.84. The molecule has 0 aromatic rings. The third kappa shape index (κ3) is 8.47. The van der Waals surface area contributed by atoms with Crippen molar-refractivity contribution in [2.75, 3.05) is 19.9 Å². The monoisotopic (exact) mass is 537 g/mol. The van der Waals surface area contributed by atoms with Crippen molar-refractivity contribution in [2.24, 2.45) is 0 Å². The second-order valence-electron chi connectivity index (χ2n) is 2.09. The SMILES string of the molecule is CCNC(=O)OCOCC(I)=C(I)I. The van der Waals surface area contributed by atoms with Gasteiger partial charge in [-0.25, -0.2) is 4.79 Å². The van der Waals surface area contributed by atoms with E-state index in [2.05, 4.69) is 73.1 Å². The summed E-state index contributed by atoms with van der Waals surface area (Å²) in [6.07, 6.45) is -0.448. The lowest BCUT2D eigenvalue weighted by molar-refractivity contribution is -0.00347. The Hall–Kier alpha value is 1.16. The van der Waals surface area contributed by atoms with Crippen molar-refractivity contribution in [1.29, 1.82) is 0 Å². The summed E-state index contributed by atoms with van der Waals surface area (Å²) in [5, 5.41) is 2.50. The van der Waals surface area contributed by atoms with Crippen LogP contribution in [-0.2, 0) is 9.47 Å². The molecule has 0 saturated carbocycles. The Morgan fingerprint density at radius 3 is 2.50 bits per heavy atom. The molecule has 0 fully saturated rings. The number of ether oxygens (including phenoxy) is 2. The van der Waals surface area contributed by atoms with Gasteiger partial charge >= 0.3 is 6.09 Å². The second-order valence-corrected chi connectivity index (χ2v) is 7.62. The zero-order valence-corrected chi connectivity index (χ0v) is 14.0. The number of carbonyl (C=O) groups is 1. The zero-order chi connectivity index (χ0) is 11.0. The van der Waals surface area contributed by atoms with Crippen LogP contribution in [0.25, 0.3) is 0 Å². The number of halogens is 3. The van der Waals surface area contributed by atoms with Gasteiger partial charge in [-0.1, -0.05) is 0 Å². The Labute approximate surface area is 124 Å². The number of nitrogens with one attached hydrogen (secondary N) is 1. The fourth-order valence-electron chi connectivity index (χ4n) is 0.476. The van der Waals surface area contributed by atoms with E-state index in [4.69, 9.17) is 9.47 Å². The molecule has 0 rings (SSSR count). The average Bonchev–Trinajstić information content (AvgIpc) is 2.12. The predicted molar refractivity (Wildman–Crippen MR) is 80.1 cm³/mol. The van der Waals surface area contributed by atoms with Crippen LogP contribution >= 0.6 is 67.8 Å². The topological polar surface area (TPSA) is 47.6 Å². The van der Waals surface area contributed by atoms with E-state index in [9.17, 15) is 4.79 Å². The number of hydrogen-bond acceptors (Lipinski definition) is 3. The lowest BCUT2D eigenvalue weighted by Crippen LogP contribution is -2.24. The first-order chi connectivity index (χ1) is 6.57. The van der Waals surface area contributed by atoms with Gasteiger partial charge < -0.3 is 14.8 Å². The molecule has 14 heavy (non-hydrogen) atoms. The van der Waals surface area contributed by atoms with Crippen LogP contribution in [-0.4, -0.2) is 26.0 Å². The van der Waals surface area contributed by atoms with Gasteiger partial charge in [0, 0.05) is 10.1 Å². The molecule has 0 radical (unpaired) electrons. The molecule has 0 spiro atoms. The fourth-order valence-corrected chi connectivity index (χ4v) is 1.01. The maximum atomic E-state index is 10.8. The molecule has 82 valence electrons. The molecule has 0 heterocycles. The van der Waals surface area contributed by atoms with E-state index in [0.717, 1.165) is 5.17 Å². The quantitative estimate of drug-likeness (QED) is 0.334. The van der Waals surface area contributed by atoms with Gasteiger partial charge in [-0.2, -0.15) is 0 Å². The van der Waals surface area contributed by atoms with Gasteiger partial charge in [0.2, 0.25) is 0 Å². The summed E-state index contributed by atoms with van der Waals surface area (Å²) in [4.78, 5) is 10.8. The number of carbonyl (C=O) groups excluding carboxylic acids is 1. The van der Waals surface area contributed by atoms with E-state index in [1.54, 1.807) is 0 Å². The average molecular weight is 537 g/mol. The van der Waals surface area contributed by atoms with Gasteiger partial charge in [-0.15, -0.1) is 0 Å². The van der Waals surface area contributed by atoms with Crippen LogP contribution < -0.4 is 5.32 Å². The van der Waals surface area contributed by atoms with E-state index in [0.29, 0.717) is 13.2 Å². The van der Waals surface area contributed by atoms with E-state index in [-0.39, 0.29) is 6.79 Å². The molecular weight excluding hydrogens is 527 g/mol. The summed E-state index contributed by atoms with van der Waals surface area (Å²) in [7, 11) is 0. The number of hydrogen-bond donors (Lipinski definition) is 1. The van der Waals surface area contributed by atoms with Crippen molar-refractivity contribution in [3.8, 4) is 0 Å². The standard InChI is InChI=1S/C7H10I3NO3/c1-2-11-7(12)14-4-13-3-5(8)6(9)10/h2-4H2,1H3,(H,11,12). The van der Waals surface area contributed by atoms with Crippen LogP contribution in [0.3, 0.4) is 0 Å². The number of alkyl carbamates (subject to hydrolysis) is 1. The molecule has 0 aliphatic carbocycles. The van der Waals surface area contributed by atoms with Gasteiger partial charge in [0.25, 0.3) is 0 Å². The minimum absolute atomic E-state index is 0.0150. The maximum absolute atomic E-state index is 10.8. The van der Waals surface area contributed by atoms with Gasteiger partial charge in [0.1, 0.15) is 0 Å². The summed E-state index contributed by atoms with van der Waals surface area (Å²) in [5.74, 6) is 0. The molecule has 0 atom stereocenters. The molecule has 4 nitrogen and oxygen atoms in total. The van der Waals surface area contributed by atoms with Crippen molar-refractivity contribution in [2.45, 2.75) is 6.92 Å². The highest BCUT2D eigenvalue weighted by molar-refractivity contribution is 14.2. The molecule has 0 saturated heterocycles. The van der Waals surface area contributed by atoms with Crippen LogP contribution in [0.1, 0.15) is 6.92 Å². The fraction of sp³-hybridized carbons (Fsp3) is 0.571. The van der Waals surface area contributed by atoms with Gasteiger partial charge in [0.05, 0.1) is 8.19 Å². The normalized spacial score (nSPS) is 9.43. The highest BCUT2D eigenvalue weighted by atomic mass is 127. The molecular formula is C7H10I3NO3. The minimum Gasteiger partial charge on any atom is -0.422 e. The first kappa shape index (κ1) is 15.2. The smallest absolute Gasteiger partial charge is 0.409 e. The molecule has 0 aromatic carbocycles. The van der Waals surface area contributed by atoms with Crippen LogP contribution in [0, 0.1) is 0 Å². The Balaban J connectivity index is 3.47. The van der Waals surface area contributed by atoms with E-state index < -0.39 is 6.09 Å². The molecule has 7 heteroatoms. The van der Waals surface area contributed by atoms with Gasteiger partial charge in [-0.3, -0.25) is 0 Å². The van der Waals surface area contributed by atoms with Crippen molar-refractivity contribution in [3.05, 3.63) is 5.17 Å². The Morgan fingerprint density at radius 1 is 1.36 bits per heavy atom. The maximum Gasteiger partial charge on any atom is 0.409 e. The molecule has 0 aliphatic rings. The van der Waals surface area contributed by atoms with Gasteiger partial charge in [-0.05, 0) is 74.7 Å². The van der Waals surface area contributed by atoms with E-state index >= 15 is 0 Å². The van der Waals surface area contributed by atoms with Crippen LogP contribution in [0.4, 0.5) is 4.79 Å². The Kier molecular flexibility index (Phi) is 10.2. The zero-order valence-electron chi connectivity index (χ0n) is 7.48. The Morgan fingerprint density at radius 2 is 2.00 bits per heavy atom. The summed E-state index contributed by atoms with van der Waals surface area (Å²) in [6, 6.07) is 0. The minimum atomic E-state index is -0.448. The third-order valence-corrected chi connectivity index (χ3v) is 5.25. The van der Waals surface area contributed by atoms with Crippen molar-refractivity contribution >= 4 is 73.9 Å². The molecule has 1 N–H and O–H groups in total. The largest absolute Gasteiger partial charge is 0.422 e. The molecule has 0 bridgehead atoms. The van der Waals surface area contributed by atoms with Crippen molar-refractivity contribution in [1.82, 2.24) is 5.32 Å². The summed E-state index contributed by atoms with van der Waals surface area (Å²) >= 11 is 6.60. The van der Waals surface area contributed by atoms with Crippen molar-refractivity contribution in [3.63, 3.8) is 0 Å². The van der Waals surface area contributed by atoms with Crippen LogP contribution in [0.15, 0.2) is 5.17 Å². The highest BCUT2D eigenvalue weighted by Gasteiger charge is 2.00. The van der Waals surface area contributed by atoms with E-state index in [1.165, 1.54) is 0 Å². The molecule has 0 aromatic heterocycles. The molecule has 1 amide bonds. The first-order valence-corrected chi connectivity index (χ1v) is 6.99. The van der Waals surface area contributed by atoms with Gasteiger partial charge in [0.15, 0.2) is 6.79 Å². The summed E-state index contributed by atoms with van der Waals surface area (Å²) < 4.78 is 12.1. The highest BCUT2D eigenvalue weighted by Crippen LogP contribution is 2.25. The van der Waals surface area contributed by atoms with Crippen molar-refractivity contribution < 1.29 is 14.3 Å². The summed E-state index contributed by atoms with van der Waals surface area (Å²) in [5.41, 5.74) is 0. The van der Waals surface area contributed by atoms with E-state index in [1.807, 2.05) is 6.92 Å².